The molecule has 4 aromatic heterocycles. The first-order chi connectivity index (χ1) is 17.3. The number of fused-ring (bicyclic) bond motifs is 2. The average Bonchev–Trinajstić information content (AvgIpc) is 3.54. The average molecular weight is 493 g/mol. The van der Waals surface area contributed by atoms with E-state index < -0.39 is 23.5 Å². The molecule has 0 aliphatic carbocycles. The van der Waals surface area contributed by atoms with E-state index in [0.717, 1.165) is 23.5 Å². The van der Waals surface area contributed by atoms with Crippen LogP contribution in [0.1, 0.15) is 37.9 Å². The number of ether oxygens (including phenoxy) is 1. The molecule has 1 N–H and O–H groups in total. The van der Waals surface area contributed by atoms with Crippen LogP contribution in [0.25, 0.3) is 11.6 Å². The summed E-state index contributed by atoms with van der Waals surface area (Å²) in [6.07, 6.45) is 6.77. The van der Waals surface area contributed by atoms with E-state index in [1.54, 1.807) is 45.7 Å². The van der Waals surface area contributed by atoms with Crippen molar-refractivity contribution in [3.05, 3.63) is 95.1 Å². The molecule has 1 aromatic carbocycles. The SMILES string of the molecule is COC(=O)c1cc(C)n2ccnc2n1.Cc1cc(C(=O)NCc2ccc(F)c(F)c2)nc2nccn12. The predicted octanol–water partition coefficient (Wildman–Crippen LogP) is 3.07. The number of esters is 1. The Morgan fingerprint density at radius 2 is 1.47 bits per heavy atom. The lowest BCUT2D eigenvalue weighted by Gasteiger charge is -2.07. The number of nitrogens with one attached hydrogen (secondary N) is 1. The van der Waals surface area contributed by atoms with Crippen LogP contribution in [0.4, 0.5) is 8.78 Å². The highest BCUT2D eigenvalue weighted by Crippen LogP contribution is 2.10. The second-order valence-corrected chi connectivity index (χ2v) is 7.68. The first-order valence-electron chi connectivity index (χ1n) is 10.7. The summed E-state index contributed by atoms with van der Waals surface area (Å²) >= 11 is 0. The lowest BCUT2D eigenvalue weighted by atomic mass is 10.2. The molecule has 0 aliphatic rings. The molecule has 184 valence electrons. The first kappa shape index (κ1) is 24.4. The number of methoxy groups -OCH3 is 1. The number of carbonyl (C=O) groups is 2. The van der Waals surface area contributed by atoms with E-state index in [0.29, 0.717) is 17.1 Å². The number of imidazole rings is 2. The summed E-state index contributed by atoms with van der Waals surface area (Å²) in [4.78, 5) is 39.6. The van der Waals surface area contributed by atoms with Gasteiger partial charge in [-0.15, -0.1) is 0 Å². The smallest absolute Gasteiger partial charge is 0.356 e. The van der Waals surface area contributed by atoms with E-state index in [1.807, 2.05) is 13.8 Å². The highest BCUT2D eigenvalue weighted by atomic mass is 19.2. The summed E-state index contributed by atoms with van der Waals surface area (Å²) < 4.78 is 34.1. The number of amides is 1. The molecule has 0 aliphatic heterocycles. The monoisotopic (exact) mass is 493 g/mol. The van der Waals surface area contributed by atoms with Gasteiger partial charge in [0.25, 0.3) is 5.91 Å². The molecular formula is C24H21F2N7O3. The number of aromatic nitrogens is 6. The van der Waals surface area contributed by atoms with Crippen LogP contribution in [0.5, 0.6) is 0 Å². The van der Waals surface area contributed by atoms with Gasteiger partial charge in [0.1, 0.15) is 5.69 Å². The second-order valence-electron chi connectivity index (χ2n) is 7.68. The molecule has 0 unspecified atom stereocenters. The molecular weight excluding hydrogens is 472 g/mol. The van der Waals surface area contributed by atoms with Gasteiger partial charge < -0.3 is 10.1 Å². The highest BCUT2D eigenvalue weighted by molar-refractivity contribution is 5.92. The quantitative estimate of drug-likeness (QED) is 0.383. The Kier molecular flexibility index (Phi) is 6.95. The number of hydrogen-bond acceptors (Lipinski definition) is 7. The van der Waals surface area contributed by atoms with Crippen molar-refractivity contribution in [2.24, 2.45) is 0 Å². The molecule has 12 heteroatoms. The molecule has 5 aromatic rings. The molecule has 0 radical (unpaired) electrons. The lowest BCUT2D eigenvalue weighted by molar-refractivity contribution is 0.0594. The van der Waals surface area contributed by atoms with Gasteiger partial charge in [-0.25, -0.2) is 33.5 Å². The number of nitrogens with zero attached hydrogens (tertiary/aromatic N) is 6. The standard InChI is InChI=1S/C15H12F2N4O.C9H9N3O2/c1-9-6-13(20-15-18-4-5-21(9)15)14(22)19-8-10-2-3-11(16)12(17)7-10;1-6-5-7(8(13)14-2)11-9-10-3-4-12(6)9/h2-7H,8H2,1H3,(H,19,22);3-5H,1-2H3. The first-order valence-corrected chi connectivity index (χ1v) is 10.7. The van der Waals surface area contributed by atoms with Crippen LogP contribution in [0.15, 0.2) is 55.1 Å². The molecule has 10 nitrogen and oxygen atoms in total. The van der Waals surface area contributed by atoms with Gasteiger partial charge in [-0.3, -0.25) is 13.6 Å². The van der Waals surface area contributed by atoms with Crippen LogP contribution in [0, 0.1) is 25.5 Å². The zero-order valence-electron chi connectivity index (χ0n) is 19.6. The molecule has 36 heavy (non-hydrogen) atoms. The molecule has 0 saturated heterocycles. The van der Waals surface area contributed by atoms with Crippen LogP contribution < -0.4 is 5.32 Å². The van der Waals surface area contributed by atoms with Crippen LogP contribution in [-0.2, 0) is 11.3 Å². The van der Waals surface area contributed by atoms with E-state index in [2.05, 4.69) is 30.0 Å². The number of aryl methyl sites for hydroxylation is 2. The van der Waals surface area contributed by atoms with Crippen molar-refractivity contribution in [1.82, 2.24) is 34.1 Å². The summed E-state index contributed by atoms with van der Waals surface area (Å²) in [6, 6.07) is 6.78. The molecule has 0 atom stereocenters. The van der Waals surface area contributed by atoms with Crippen molar-refractivity contribution < 1.29 is 23.1 Å². The normalized spacial score (nSPS) is 10.7. The zero-order chi connectivity index (χ0) is 25.8. The Morgan fingerprint density at radius 1 is 0.889 bits per heavy atom. The van der Waals surface area contributed by atoms with Crippen LogP contribution in [0.2, 0.25) is 0 Å². The van der Waals surface area contributed by atoms with Gasteiger partial charge in [0, 0.05) is 42.7 Å². The van der Waals surface area contributed by atoms with E-state index in [1.165, 1.54) is 13.2 Å². The van der Waals surface area contributed by atoms with Gasteiger partial charge in [0.2, 0.25) is 11.6 Å². The minimum Gasteiger partial charge on any atom is -0.464 e. The van der Waals surface area contributed by atoms with Crippen LogP contribution in [0.3, 0.4) is 0 Å². The topological polar surface area (TPSA) is 116 Å². The van der Waals surface area contributed by atoms with E-state index >= 15 is 0 Å². The maximum Gasteiger partial charge on any atom is 0.356 e. The van der Waals surface area contributed by atoms with Crippen molar-refractivity contribution in [2.45, 2.75) is 20.4 Å². The third-order valence-corrected chi connectivity index (χ3v) is 5.20. The van der Waals surface area contributed by atoms with Gasteiger partial charge in [0.05, 0.1) is 7.11 Å². The van der Waals surface area contributed by atoms with Crippen molar-refractivity contribution in [1.29, 1.82) is 0 Å². The van der Waals surface area contributed by atoms with Crippen LogP contribution >= 0.6 is 0 Å². The maximum atomic E-state index is 13.1. The van der Waals surface area contributed by atoms with E-state index in [9.17, 15) is 18.4 Å². The fourth-order valence-electron chi connectivity index (χ4n) is 3.37. The Hall–Kier alpha value is -4.74. The summed E-state index contributed by atoms with van der Waals surface area (Å²) in [5.74, 6) is -1.78. The minimum absolute atomic E-state index is 0.0797. The molecule has 0 saturated carbocycles. The third kappa shape index (κ3) is 5.17. The summed E-state index contributed by atoms with van der Waals surface area (Å²) in [5, 5.41) is 2.62. The second kappa shape index (κ2) is 10.3. The molecule has 4 heterocycles. The summed E-state index contributed by atoms with van der Waals surface area (Å²) in [5.41, 5.74) is 2.68. The van der Waals surface area contributed by atoms with Gasteiger partial charge in [0.15, 0.2) is 17.3 Å². The molecule has 0 bridgehead atoms. The van der Waals surface area contributed by atoms with Crippen molar-refractivity contribution in [3.63, 3.8) is 0 Å². The van der Waals surface area contributed by atoms with Crippen molar-refractivity contribution >= 4 is 23.4 Å². The number of hydrogen-bond donors (Lipinski definition) is 1. The fourth-order valence-corrected chi connectivity index (χ4v) is 3.37. The third-order valence-electron chi connectivity index (χ3n) is 5.20. The largest absolute Gasteiger partial charge is 0.464 e. The zero-order valence-corrected chi connectivity index (χ0v) is 19.6. The Bertz CT molecular complexity index is 1580. The molecule has 0 spiro atoms. The van der Waals surface area contributed by atoms with Gasteiger partial charge >= 0.3 is 5.97 Å². The molecule has 0 fully saturated rings. The summed E-state index contributed by atoms with van der Waals surface area (Å²) in [7, 11) is 1.33. The number of rotatable bonds is 4. The highest BCUT2D eigenvalue weighted by Gasteiger charge is 2.12. The minimum atomic E-state index is -0.945. The maximum absolute atomic E-state index is 13.1. The Labute approximate surface area is 203 Å². The van der Waals surface area contributed by atoms with Crippen molar-refractivity contribution in [2.75, 3.05) is 7.11 Å². The number of carbonyl (C=O) groups excluding carboxylic acids is 2. The predicted molar refractivity (Wildman–Crippen MR) is 124 cm³/mol. The summed E-state index contributed by atoms with van der Waals surface area (Å²) in [6.45, 7) is 3.79. The van der Waals surface area contributed by atoms with E-state index in [4.69, 9.17) is 0 Å². The van der Waals surface area contributed by atoms with Crippen molar-refractivity contribution in [3.8, 4) is 0 Å². The van der Waals surface area contributed by atoms with Crippen LogP contribution in [-0.4, -0.2) is 47.7 Å². The van der Waals surface area contributed by atoms with Gasteiger partial charge in [-0.1, -0.05) is 6.07 Å². The lowest BCUT2D eigenvalue weighted by Crippen LogP contribution is -2.24. The molecule has 5 rings (SSSR count). The van der Waals surface area contributed by atoms with Gasteiger partial charge in [-0.05, 0) is 43.7 Å². The van der Waals surface area contributed by atoms with Gasteiger partial charge in [-0.2, -0.15) is 0 Å². The number of halogens is 2. The number of benzene rings is 1. The Balaban J connectivity index is 0.000000187. The fraction of sp³-hybridized carbons (Fsp3) is 0.167. The Morgan fingerprint density at radius 3 is 2.06 bits per heavy atom. The molecule has 1 amide bonds. The van der Waals surface area contributed by atoms with E-state index in [-0.39, 0.29) is 17.9 Å².